The van der Waals surface area contributed by atoms with Crippen LogP contribution in [0.5, 0.6) is 0 Å². The first-order valence-electron chi connectivity index (χ1n) is 5.82. The molecule has 20 heavy (non-hydrogen) atoms. The smallest absolute Gasteiger partial charge is 0.335 e. The number of nitrogens with two attached hydrogens (primary N) is 1. The van der Waals surface area contributed by atoms with Crippen molar-refractivity contribution in [1.29, 1.82) is 0 Å². The number of benzene rings is 2. The standard InChI is InChI=1S/C14H13N3O3/c15-11-8-9(13(18)19)6-7-12(11)17-14(20)16-10-4-2-1-3-5-10/h1-8H,15H2,(H,18,19)(H2,16,17,20). The molecular formula is C14H13N3O3. The molecular weight excluding hydrogens is 258 g/mol. The SMILES string of the molecule is Nc1cc(C(=O)O)ccc1NC(=O)Nc1ccccc1. The fourth-order valence-electron chi connectivity index (χ4n) is 1.62. The van der Waals surface area contributed by atoms with Gasteiger partial charge in [0.2, 0.25) is 0 Å². The Morgan fingerprint density at radius 1 is 1.00 bits per heavy atom. The Hall–Kier alpha value is -3.02. The lowest BCUT2D eigenvalue weighted by atomic mass is 10.2. The van der Waals surface area contributed by atoms with Crippen molar-refractivity contribution in [2.75, 3.05) is 16.4 Å². The molecule has 0 aliphatic rings. The molecule has 0 saturated heterocycles. The van der Waals surface area contributed by atoms with Crippen molar-refractivity contribution in [1.82, 2.24) is 0 Å². The van der Waals surface area contributed by atoms with Crippen molar-refractivity contribution in [2.45, 2.75) is 0 Å². The number of aromatic carboxylic acids is 1. The summed E-state index contributed by atoms with van der Waals surface area (Å²) in [5.74, 6) is -1.07. The summed E-state index contributed by atoms with van der Waals surface area (Å²) in [6.45, 7) is 0. The van der Waals surface area contributed by atoms with E-state index in [1.165, 1.54) is 18.2 Å². The van der Waals surface area contributed by atoms with Gasteiger partial charge < -0.3 is 21.5 Å². The van der Waals surface area contributed by atoms with Crippen molar-refractivity contribution in [2.24, 2.45) is 0 Å². The number of hydrogen-bond donors (Lipinski definition) is 4. The third-order valence-electron chi connectivity index (χ3n) is 2.58. The van der Waals surface area contributed by atoms with E-state index < -0.39 is 12.0 Å². The van der Waals surface area contributed by atoms with Crippen LogP contribution in [-0.2, 0) is 0 Å². The molecule has 102 valence electrons. The van der Waals surface area contributed by atoms with E-state index in [-0.39, 0.29) is 11.3 Å². The normalized spacial score (nSPS) is 9.80. The highest BCUT2D eigenvalue weighted by Gasteiger charge is 2.08. The summed E-state index contributed by atoms with van der Waals surface area (Å²) >= 11 is 0. The van der Waals surface area contributed by atoms with Crippen LogP contribution in [0, 0.1) is 0 Å². The molecule has 5 N–H and O–H groups in total. The second-order valence-electron chi connectivity index (χ2n) is 4.05. The second kappa shape index (κ2) is 5.75. The Labute approximate surface area is 115 Å². The van der Waals surface area contributed by atoms with Crippen molar-refractivity contribution in [3.8, 4) is 0 Å². The molecule has 0 saturated carbocycles. The first-order chi connectivity index (χ1) is 9.56. The van der Waals surface area contributed by atoms with Gasteiger partial charge in [-0.1, -0.05) is 18.2 Å². The predicted molar refractivity (Wildman–Crippen MR) is 76.9 cm³/mol. The fraction of sp³-hybridized carbons (Fsp3) is 0. The van der Waals surface area contributed by atoms with Gasteiger partial charge in [-0.3, -0.25) is 0 Å². The van der Waals surface area contributed by atoms with Gasteiger partial charge in [0.05, 0.1) is 16.9 Å². The summed E-state index contributed by atoms with van der Waals surface area (Å²) in [6, 6.07) is 12.6. The van der Waals surface area contributed by atoms with E-state index >= 15 is 0 Å². The molecule has 0 fully saturated rings. The maximum atomic E-state index is 11.8. The highest BCUT2D eigenvalue weighted by Crippen LogP contribution is 2.20. The van der Waals surface area contributed by atoms with Crippen LogP contribution < -0.4 is 16.4 Å². The fourth-order valence-corrected chi connectivity index (χ4v) is 1.62. The molecule has 0 unspecified atom stereocenters. The minimum Gasteiger partial charge on any atom is -0.478 e. The average Bonchev–Trinajstić information content (AvgIpc) is 2.42. The third kappa shape index (κ3) is 3.26. The number of hydrogen-bond acceptors (Lipinski definition) is 3. The van der Waals surface area contributed by atoms with Gasteiger partial charge in [-0.05, 0) is 30.3 Å². The summed E-state index contributed by atoms with van der Waals surface area (Å²) in [6.07, 6.45) is 0. The Morgan fingerprint density at radius 3 is 2.30 bits per heavy atom. The van der Waals surface area contributed by atoms with Crippen molar-refractivity contribution in [3.63, 3.8) is 0 Å². The molecule has 0 bridgehead atoms. The van der Waals surface area contributed by atoms with Crippen LogP contribution in [0.1, 0.15) is 10.4 Å². The van der Waals surface area contributed by atoms with E-state index in [1.54, 1.807) is 24.3 Å². The Balaban J connectivity index is 2.06. The maximum absolute atomic E-state index is 11.8. The quantitative estimate of drug-likeness (QED) is 0.644. The molecule has 0 aliphatic carbocycles. The molecule has 2 aromatic rings. The van der Waals surface area contributed by atoms with Gasteiger partial charge in [0, 0.05) is 5.69 Å². The van der Waals surface area contributed by atoms with E-state index in [0.29, 0.717) is 11.4 Å². The molecule has 2 rings (SSSR count). The molecule has 0 aliphatic heterocycles. The molecule has 0 aromatic heterocycles. The summed E-state index contributed by atoms with van der Waals surface area (Å²) in [5, 5.41) is 14.0. The molecule has 0 radical (unpaired) electrons. The van der Waals surface area contributed by atoms with Crippen molar-refractivity contribution in [3.05, 3.63) is 54.1 Å². The molecule has 6 nitrogen and oxygen atoms in total. The molecule has 0 heterocycles. The number of nitrogens with one attached hydrogen (secondary N) is 2. The number of urea groups is 1. The molecule has 0 atom stereocenters. The summed E-state index contributed by atoms with van der Waals surface area (Å²) in [7, 11) is 0. The average molecular weight is 271 g/mol. The van der Waals surface area contributed by atoms with Crippen LogP contribution >= 0.6 is 0 Å². The van der Waals surface area contributed by atoms with Gasteiger partial charge in [0.25, 0.3) is 0 Å². The monoisotopic (exact) mass is 271 g/mol. The van der Waals surface area contributed by atoms with Crippen molar-refractivity contribution < 1.29 is 14.7 Å². The minimum absolute atomic E-state index is 0.0662. The van der Waals surface area contributed by atoms with E-state index in [0.717, 1.165) is 0 Å². The van der Waals surface area contributed by atoms with E-state index in [9.17, 15) is 9.59 Å². The first kappa shape index (κ1) is 13.4. The van der Waals surface area contributed by atoms with Gasteiger partial charge in [-0.15, -0.1) is 0 Å². The number of carbonyl (C=O) groups is 2. The third-order valence-corrected chi connectivity index (χ3v) is 2.58. The number of carboxylic acid groups (broad SMARTS) is 1. The zero-order valence-corrected chi connectivity index (χ0v) is 10.5. The van der Waals surface area contributed by atoms with E-state index in [2.05, 4.69) is 10.6 Å². The number of anilines is 3. The van der Waals surface area contributed by atoms with Gasteiger partial charge in [0.15, 0.2) is 0 Å². The summed E-state index contributed by atoms with van der Waals surface area (Å²) in [4.78, 5) is 22.5. The van der Waals surface area contributed by atoms with Crippen LogP contribution in [0.25, 0.3) is 0 Å². The number of carboxylic acids is 1. The second-order valence-corrected chi connectivity index (χ2v) is 4.05. The summed E-state index contributed by atoms with van der Waals surface area (Å²) < 4.78 is 0. The Morgan fingerprint density at radius 2 is 1.70 bits per heavy atom. The Bertz CT molecular complexity index is 641. The number of para-hydroxylation sites is 1. The van der Waals surface area contributed by atoms with Crippen LogP contribution in [0.3, 0.4) is 0 Å². The van der Waals surface area contributed by atoms with Crippen LogP contribution in [0.15, 0.2) is 48.5 Å². The lowest BCUT2D eigenvalue weighted by molar-refractivity contribution is 0.0697. The highest BCUT2D eigenvalue weighted by molar-refractivity contribution is 6.02. The Kier molecular flexibility index (Phi) is 3.85. The maximum Gasteiger partial charge on any atom is 0.335 e. The zero-order valence-electron chi connectivity index (χ0n) is 10.5. The van der Waals surface area contributed by atoms with Crippen molar-refractivity contribution >= 4 is 29.1 Å². The first-order valence-corrected chi connectivity index (χ1v) is 5.82. The van der Waals surface area contributed by atoms with Gasteiger partial charge in [-0.25, -0.2) is 9.59 Å². The number of rotatable bonds is 3. The van der Waals surface area contributed by atoms with Crippen LogP contribution in [0.2, 0.25) is 0 Å². The predicted octanol–water partition coefficient (Wildman–Crippen LogP) is 2.61. The van der Waals surface area contributed by atoms with Crippen LogP contribution in [-0.4, -0.2) is 17.1 Å². The topological polar surface area (TPSA) is 104 Å². The van der Waals surface area contributed by atoms with Gasteiger partial charge in [0.1, 0.15) is 0 Å². The minimum atomic E-state index is -1.07. The number of nitrogen functional groups attached to an aromatic ring is 1. The zero-order chi connectivity index (χ0) is 14.5. The lowest BCUT2D eigenvalue weighted by Gasteiger charge is -2.10. The lowest BCUT2D eigenvalue weighted by Crippen LogP contribution is -2.20. The van der Waals surface area contributed by atoms with Gasteiger partial charge in [-0.2, -0.15) is 0 Å². The summed E-state index contributed by atoms with van der Waals surface area (Å²) in [5.41, 5.74) is 6.94. The number of amides is 2. The molecule has 0 spiro atoms. The van der Waals surface area contributed by atoms with E-state index in [4.69, 9.17) is 10.8 Å². The molecule has 6 heteroatoms. The molecule has 2 aromatic carbocycles. The largest absolute Gasteiger partial charge is 0.478 e. The van der Waals surface area contributed by atoms with E-state index in [1.807, 2.05) is 6.07 Å². The number of carbonyl (C=O) groups excluding carboxylic acids is 1. The van der Waals surface area contributed by atoms with Crippen LogP contribution in [0.4, 0.5) is 21.9 Å². The molecule has 2 amide bonds. The highest BCUT2D eigenvalue weighted by atomic mass is 16.4. The van der Waals surface area contributed by atoms with Gasteiger partial charge >= 0.3 is 12.0 Å².